The van der Waals surface area contributed by atoms with Crippen molar-refractivity contribution in [2.45, 2.75) is 396 Å². The number of hydrogen-bond donors (Lipinski definition) is 6. The molecule has 0 aliphatic carbocycles. The molecule has 4 fully saturated rings. The second kappa shape index (κ2) is 55.0. The number of nitrogens with zero attached hydrogens (tertiary/aromatic N) is 4. The molecular weight excluding hydrogens is 1740 g/mol. The van der Waals surface area contributed by atoms with E-state index in [-0.39, 0.29) is 114 Å². The standard InChI is InChI=1S/2C58H85N5O6.CH4/c2*1-11-12-26-48(51(65)29-18-14-17-28-50(64)46-25-19-24-44-37-53(62-54(44)46)58(10)32-21-33-59-58)61-55(67)47(40(4)5)38-52(66)49-27-20-34-63(49)41(6)43(36-42-22-15-13-16-23-42)30-31-45(35-39(2)3)60-56(68)69-57(7,8)9;/h2*13,15-16,19,22-25,30-31,39-40,43,45,47-49,59H,6,11-12,14,17-18,20-21,26-29,32-38H2,1-5,7-10H3,(H,60,68)(H,61,67);1H4/b2*31-30+;/t43-,45-,47+,48+,49+,58+;;/m1../s1. The van der Waals surface area contributed by atoms with Gasteiger partial charge in [0.15, 0.2) is 34.7 Å². The maximum Gasteiger partial charge on any atom is 0.408 e. The van der Waals surface area contributed by atoms with Gasteiger partial charge in [0.1, 0.15) is 11.2 Å². The zero-order chi connectivity index (χ0) is 101. The van der Waals surface area contributed by atoms with Gasteiger partial charge < -0.3 is 51.2 Å². The molecule has 0 aromatic heterocycles. The Bertz CT molecular complexity index is 4560. The lowest BCUT2D eigenvalue weighted by Crippen LogP contribution is -2.46. The van der Waals surface area contributed by atoms with Crippen LogP contribution in [0.4, 0.5) is 21.0 Å². The molecule has 0 radical (unpaired) electrons. The van der Waals surface area contributed by atoms with E-state index in [1.54, 1.807) is 0 Å². The number of ketones is 6. The lowest BCUT2D eigenvalue weighted by molar-refractivity contribution is -0.134. The Kier molecular flexibility index (Phi) is 45.3. The fraction of sp³-hybridized carbons (Fsp3) is 0.624. The third-order valence-corrected chi connectivity index (χ3v) is 28.4. The van der Waals surface area contributed by atoms with Gasteiger partial charge in [0, 0.05) is 122 Å². The highest BCUT2D eigenvalue weighted by Gasteiger charge is 2.43. The number of alkyl carbamates (subject to hydrolysis) is 2. The largest absolute Gasteiger partial charge is 0.444 e. The first-order valence-electron chi connectivity index (χ1n) is 52.6. The lowest BCUT2D eigenvalue weighted by Gasteiger charge is -2.33. The number of para-hydroxylation sites is 2. The predicted molar refractivity (Wildman–Crippen MR) is 565 cm³/mol. The number of allylic oxidation sites excluding steroid dienone is 2. The van der Waals surface area contributed by atoms with E-state index < -0.39 is 59.4 Å². The number of fused-ring (bicyclic) bond motifs is 2. The highest BCUT2D eigenvalue weighted by molar-refractivity contribution is 6.09. The Morgan fingerprint density at radius 1 is 0.475 bits per heavy atom. The molecule has 6 aliphatic rings. The highest BCUT2D eigenvalue weighted by atomic mass is 16.6. The molecule has 22 nitrogen and oxygen atoms in total. The van der Waals surface area contributed by atoms with Crippen molar-refractivity contribution in [3.63, 3.8) is 0 Å². The number of ether oxygens (including phenoxy) is 2. The minimum atomic E-state index is -0.622. The SMILES string of the molecule is C.C=C(C(/C=C/C(CC(C)C)NC(=O)OC(C)(C)C)Cc1ccccc1)N1CCCC1C(=O)CC(C(=O)NC(CCCC)C(=O)CCCCCC(=O)c1cccc2c1N=C(C1(C)CCCN1)C2)C(C)C.C=C([C@H](/C=C/[C@H](CC(C)C)NC(=O)OC(C)(C)C)Cc1ccccc1)N1CCC[C@H]1C(=O)C[C@H](C(=O)N[C@@H](CCCC)C(=O)CCCCCC(=O)c1cccc2c1N=C([C@]1(C)CCCN1)C2)C(C)C. The van der Waals surface area contributed by atoms with Crippen molar-refractivity contribution in [1.82, 2.24) is 41.7 Å². The van der Waals surface area contributed by atoms with Crippen molar-refractivity contribution < 1.29 is 57.4 Å². The summed E-state index contributed by atoms with van der Waals surface area (Å²) >= 11 is 0. The van der Waals surface area contributed by atoms with Crippen molar-refractivity contribution >= 4 is 81.5 Å². The number of nitrogens with one attached hydrogen (secondary N) is 6. The van der Waals surface area contributed by atoms with E-state index >= 15 is 0 Å². The number of hydrogen-bond acceptors (Lipinski definition) is 18. The summed E-state index contributed by atoms with van der Waals surface area (Å²) in [5.41, 5.74) is 9.95. The number of aliphatic imine (C=N–C) groups is 2. The Hall–Kier alpha value is -9.80. The van der Waals surface area contributed by atoms with Gasteiger partial charge in [0.25, 0.3) is 0 Å². The van der Waals surface area contributed by atoms with Gasteiger partial charge >= 0.3 is 12.2 Å². The molecule has 6 N–H and O–H groups in total. The quantitative estimate of drug-likeness (QED) is 0.0136. The number of likely N-dealkylation sites (tertiary alicyclic amines) is 2. The van der Waals surface area contributed by atoms with Gasteiger partial charge in [-0.25, -0.2) is 9.59 Å². The summed E-state index contributed by atoms with van der Waals surface area (Å²) in [4.78, 5) is 152. The van der Waals surface area contributed by atoms with Crippen molar-refractivity contribution in [3.05, 3.63) is 179 Å². The highest BCUT2D eigenvalue weighted by Crippen LogP contribution is 2.41. The van der Waals surface area contributed by atoms with Crippen LogP contribution in [0.3, 0.4) is 0 Å². The third-order valence-electron chi connectivity index (χ3n) is 28.4. The van der Waals surface area contributed by atoms with Gasteiger partial charge in [-0.3, -0.25) is 48.3 Å². The Morgan fingerprint density at radius 3 is 1.17 bits per heavy atom. The van der Waals surface area contributed by atoms with Crippen molar-refractivity contribution in [2.24, 2.45) is 57.3 Å². The van der Waals surface area contributed by atoms with Gasteiger partial charge in [-0.2, -0.15) is 0 Å². The van der Waals surface area contributed by atoms with Crippen LogP contribution in [-0.2, 0) is 63.9 Å². The molecule has 4 aromatic rings. The Balaban J connectivity index is 0.000000338. The van der Waals surface area contributed by atoms with E-state index in [1.807, 2.05) is 142 Å². The van der Waals surface area contributed by atoms with Crippen LogP contribution in [0.2, 0.25) is 0 Å². The molecule has 0 saturated carbocycles. The fourth-order valence-corrected chi connectivity index (χ4v) is 20.4. The minimum Gasteiger partial charge on any atom is -0.444 e. The molecule has 4 saturated heterocycles. The van der Waals surface area contributed by atoms with E-state index in [0.29, 0.717) is 126 Å². The molecule has 0 bridgehead atoms. The first-order valence-corrected chi connectivity index (χ1v) is 52.6. The molecule has 139 heavy (non-hydrogen) atoms. The lowest BCUT2D eigenvalue weighted by atomic mass is 9.86. The van der Waals surface area contributed by atoms with Crippen LogP contribution >= 0.6 is 0 Å². The zero-order valence-corrected chi connectivity index (χ0v) is 87.2. The number of carbonyl (C=O) groups excluding carboxylic acids is 10. The van der Waals surface area contributed by atoms with Crippen molar-refractivity contribution in [3.8, 4) is 0 Å². The number of carbonyl (C=O) groups is 10. The zero-order valence-electron chi connectivity index (χ0n) is 87.2. The van der Waals surface area contributed by atoms with Crippen molar-refractivity contribution in [2.75, 3.05) is 26.2 Å². The van der Waals surface area contributed by atoms with Crippen molar-refractivity contribution in [1.29, 1.82) is 0 Å². The number of Topliss-reactive ketones (excluding diaryl/α,β-unsaturated/α-hetero) is 6. The summed E-state index contributed by atoms with van der Waals surface area (Å²) in [5, 5.41) is 19.5. The number of amides is 4. The maximum absolute atomic E-state index is 14.4. The van der Waals surface area contributed by atoms with Crippen LogP contribution in [0.15, 0.2) is 156 Å². The average molecular weight is 1910 g/mol. The summed E-state index contributed by atoms with van der Waals surface area (Å²) in [5.74, 6) is -1.41. The van der Waals surface area contributed by atoms with Gasteiger partial charge in [-0.05, 0) is 242 Å². The smallest absolute Gasteiger partial charge is 0.408 e. The summed E-state index contributed by atoms with van der Waals surface area (Å²) < 4.78 is 11.2. The molecule has 764 valence electrons. The van der Waals surface area contributed by atoms with Gasteiger partial charge in [-0.15, -0.1) is 0 Å². The van der Waals surface area contributed by atoms with E-state index in [4.69, 9.17) is 19.5 Å². The Morgan fingerprint density at radius 2 is 0.842 bits per heavy atom. The van der Waals surface area contributed by atoms with Crippen LogP contribution in [-0.4, -0.2) is 165 Å². The van der Waals surface area contributed by atoms with Crippen LogP contribution in [0.1, 0.15) is 355 Å². The Labute approximate surface area is 834 Å². The van der Waals surface area contributed by atoms with E-state index in [1.165, 1.54) is 0 Å². The van der Waals surface area contributed by atoms with Gasteiger partial charge in [0.2, 0.25) is 11.8 Å². The topological polar surface area (TPSA) is 293 Å². The summed E-state index contributed by atoms with van der Waals surface area (Å²) in [7, 11) is 0. The molecule has 6 unspecified atom stereocenters. The molecule has 12 atom stereocenters. The normalized spacial score (nSPS) is 19.7. The number of unbranched alkanes of at least 4 members (excludes halogenated alkanes) is 6. The average Bonchev–Trinajstić information content (AvgIpc) is 1.63. The number of benzene rings is 4. The summed E-state index contributed by atoms with van der Waals surface area (Å²) in [6, 6.07) is 29.7. The summed E-state index contributed by atoms with van der Waals surface area (Å²) in [6.45, 7) is 48.6. The maximum atomic E-state index is 14.4. The van der Waals surface area contributed by atoms with Gasteiger partial charge in [0.05, 0.1) is 58.7 Å². The molecule has 22 heteroatoms. The number of rotatable bonds is 54. The molecule has 4 aromatic carbocycles. The molecule has 4 amide bonds. The van der Waals surface area contributed by atoms with E-state index in [0.717, 1.165) is 172 Å². The van der Waals surface area contributed by atoms with Crippen LogP contribution < -0.4 is 31.9 Å². The van der Waals surface area contributed by atoms with E-state index in [9.17, 15) is 47.9 Å². The van der Waals surface area contributed by atoms with Gasteiger partial charge in [-0.1, -0.05) is 238 Å². The second-order valence-corrected chi connectivity index (χ2v) is 44.0. The molecule has 0 spiro atoms. The monoisotopic (exact) mass is 1910 g/mol. The predicted octanol–water partition coefficient (Wildman–Crippen LogP) is 23.4. The minimum absolute atomic E-state index is 0. The van der Waals surface area contributed by atoms with Crippen LogP contribution in [0.5, 0.6) is 0 Å². The molecule has 6 aliphatic heterocycles. The third kappa shape index (κ3) is 35.4. The fourth-order valence-electron chi connectivity index (χ4n) is 20.4. The first-order chi connectivity index (χ1) is 65.6. The van der Waals surface area contributed by atoms with E-state index in [2.05, 4.69) is 159 Å². The molecule has 6 heterocycles. The first kappa shape index (κ1) is 114. The van der Waals surface area contributed by atoms with Crippen LogP contribution in [0, 0.1) is 47.3 Å². The molecule has 10 rings (SSSR count). The summed E-state index contributed by atoms with van der Waals surface area (Å²) in [6.07, 6.45) is 29.2. The van der Waals surface area contributed by atoms with Crippen LogP contribution in [0.25, 0.3) is 0 Å². The molecular formula is C117H174N10O12. The second-order valence-electron chi connectivity index (χ2n) is 44.0.